The number of anilines is 2. The summed E-state index contributed by atoms with van der Waals surface area (Å²) >= 11 is 0. The highest BCUT2D eigenvalue weighted by molar-refractivity contribution is 5.84. The van der Waals surface area contributed by atoms with E-state index < -0.39 is 30.3 Å². The van der Waals surface area contributed by atoms with Crippen LogP contribution in [0.25, 0.3) is 11.2 Å². The Kier molecular flexibility index (Phi) is 5.10. The summed E-state index contributed by atoms with van der Waals surface area (Å²) in [6.07, 6.45) is 1.26. The Hall–Kier alpha value is -2.05. The molecule has 2 aliphatic rings. The Bertz CT molecular complexity index is 842. The van der Waals surface area contributed by atoms with E-state index in [1.807, 2.05) is 18.4 Å². The van der Waals surface area contributed by atoms with Crippen LogP contribution in [0.15, 0.2) is 6.33 Å². The van der Waals surface area contributed by atoms with Gasteiger partial charge in [-0.05, 0) is 33.2 Å². The summed E-state index contributed by atoms with van der Waals surface area (Å²) < 4.78 is 20.0. The molecule has 0 amide bonds. The van der Waals surface area contributed by atoms with E-state index in [4.69, 9.17) is 25.7 Å². The second-order valence-corrected chi connectivity index (χ2v) is 7.47. The topological polar surface area (TPSA) is 156 Å². The van der Waals surface area contributed by atoms with Crippen LogP contribution < -0.4 is 16.8 Å². The van der Waals surface area contributed by atoms with E-state index in [-0.39, 0.29) is 12.4 Å². The number of nitrogens with one attached hydrogen (secondary N) is 1. The van der Waals surface area contributed by atoms with Gasteiger partial charge >= 0.3 is 0 Å². The predicted molar refractivity (Wildman–Crippen MR) is 101 cm³/mol. The van der Waals surface area contributed by atoms with Gasteiger partial charge in [0.05, 0.1) is 6.61 Å². The van der Waals surface area contributed by atoms with Gasteiger partial charge in [0.15, 0.2) is 29.0 Å². The molecule has 0 aromatic carbocycles. The first kappa shape index (κ1) is 19.3. The van der Waals surface area contributed by atoms with Gasteiger partial charge < -0.3 is 36.1 Å². The number of aromatic nitrogens is 4. The number of aliphatic hydroxyl groups is 1. The van der Waals surface area contributed by atoms with Crippen LogP contribution in [0.3, 0.4) is 0 Å². The molecule has 4 unspecified atom stereocenters. The standard InChI is InChI=1S/C17H27N7O4/c1-17(2)27-11-9(7-25)26-15(12(11)28-17)24-14-10(13(19)21-8-22-14)23-16(24)20-6-4-3-5-18/h8-9,11-12,15,25H,3-7,18H2,1-2H3,(H,20,23)(H2,19,21,22). The van der Waals surface area contributed by atoms with Crippen LogP contribution in [0.4, 0.5) is 11.8 Å². The van der Waals surface area contributed by atoms with E-state index in [9.17, 15) is 5.11 Å². The zero-order valence-electron chi connectivity index (χ0n) is 16.0. The van der Waals surface area contributed by atoms with E-state index in [0.717, 1.165) is 12.8 Å². The van der Waals surface area contributed by atoms with Gasteiger partial charge in [-0.3, -0.25) is 4.57 Å². The van der Waals surface area contributed by atoms with Crippen molar-refractivity contribution in [2.24, 2.45) is 5.73 Å². The SMILES string of the molecule is CC1(C)OC2C(CO)OC(n3c(NCCCCN)nc4c(N)ncnc43)C2O1. The molecule has 0 aliphatic carbocycles. The molecule has 2 fully saturated rings. The minimum Gasteiger partial charge on any atom is -0.394 e. The first-order valence-electron chi connectivity index (χ1n) is 9.49. The molecule has 6 N–H and O–H groups in total. The normalized spacial score (nSPS) is 28.7. The molecule has 11 nitrogen and oxygen atoms in total. The van der Waals surface area contributed by atoms with Crippen LogP contribution in [-0.4, -0.2) is 68.4 Å². The van der Waals surface area contributed by atoms with Crippen molar-refractivity contribution >= 4 is 22.9 Å². The van der Waals surface area contributed by atoms with Crippen molar-refractivity contribution in [2.45, 2.75) is 57.0 Å². The number of nitrogens with two attached hydrogens (primary N) is 2. The van der Waals surface area contributed by atoms with Gasteiger partial charge in [0.2, 0.25) is 5.95 Å². The lowest BCUT2D eigenvalue weighted by Gasteiger charge is -2.25. The number of hydrogen-bond acceptors (Lipinski definition) is 10. The number of hydrogen-bond donors (Lipinski definition) is 4. The number of fused-ring (bicyclic) bond motifs is 2. The molecule has 2 aromatic heterocycles. The Morgan fingerprint density at radius 2 is 2.04 bits per heavy atom. The number of nitrogens with zero attached hydrogens (tertiary/aromatic N) is 4. The van der Waals surface area contributed by atoms with Crippen molar-refractivity contribution in [3.8, 4) is 0 Å². The first-order valence-corrected chi connectivity index (χ1v) is 9.49. The van der Waals surface area contributed by atoms with Crippen molar-refractivity contribution in [3.63, 3.8) is 0 Å². The molecule has 2 aliphatic heterocycles. The molecule has 4 atom stereocenters. The molecule has 11 heteroatoms. The van der Waals surface area contributed by atoms with Gasteiger partial charge in [-0.1, -0.05) is 0 Å². The highest BCUT2D eigenvalue weighted by Crippen LogP contribution is 2.44. The van der Waals surface area contributed by atoms with E-state index in [1.54, 1.807) is 0 Å². The molecule has 0 bridgehead atoms. The highest BCUT2D eigenvalue weighted by atomic mass is 16.8. The van der Waals surface area contributed by atoms with Crippen molar-refractivity contribution < 1.29 is 19.3 Å². The van der Waals surface area contributed by atoms with Crippen LogP contribution in [-0.2, 0) is 14.2 Å². The molecular formula is C17H27N7O4. The maximum atomic E-state index is 9.77. The van der Waals surface area contributed by atoms with Gasteiger partial charge in [-0.15, -0.1) is 0 Å². The summed E-state index contributed by atoms with van der Waals surface area (Å²) in [7, 11) is 0. The van der Waals surface area contributed by atoms with Crippen LogP contribution in [0, 0.1) is 0 Å². The van der Waals surface area contributed by atoms with Crippen LogP contribution in [0.2, 0.25) is 0 Å². The molecule has 4 rings (SSSR count). The monoisotopic (exact) mass is 393 g/mol. The van der Waals surface area contributed by atoms with Crippen molar-refractivity contribution in [1.82, 2.24) is 19.5 Å². The minimum absolute atomic E-state index is 0.180. The summed E-state index contributed by atoms with van der Waals surface area (Å²) in [5.41, 5.74) is 12.6. The first-order chi connectivity index (χ1) is 13.4. The Balaban J connectivity index is 1.73. The maximum Gasteiger partial charge on any atom is 0.207 e. The van der Waals surface area contributed by atoms with Gasteiger partial charge in [0, 0.05) is 6.54 Å². The van der Waals surface area contributed by atoms with Gasteiger partial charge in [0.1, 0.15) is 24.6 Å². The van der Waals surface area contributed by atoms with E-state index in [0.29, 0.717) is 30.2 Å². The lowest BCUT2D eigenvalue weighted by Crippen LogP contribution is -2.31. The van der Waals surface area contributed by atoms with Crippen LogP contribution >= 0.6 is 0 Å². The quantitative estimate of drug-likeness (QED) is 0.471. The van der Waals surface area contributed by atoms with Gasteiger partial charge in [-0.2, -0.15) is 0 Å². The lowest BCUT2D eigenvalue weighted by atomic mass is 10.1. The number of aliphatic hydroxyl groups excluding tert-OH is 1. The Morgan fingerprint density at radius 1 is 1.25 bits per heavy atom. The summed E-state index contributed by atoms with van der Waals surface area (Å²) in [6.45, 7) is 4.81. The number of rotatable bonds is 7. The number of ether oxygens (including phenoxy) is 3. The highest BCUT2D eigenvalue weighted by Gasteiger charge is 2.56. The zero-order valence-corrected chi connectivity index (χ0v) is 16.0. The molecule has 4 heterocycles. The minimum atomic E-state index is -0.774. The predicted octanol–water partition coefficient (Wildman–Crippen LogP) is -0.0309. The van der Waals surface area contributed by atoms with Gasteiger partial charge in [0.25, 0.3) is 0 Å². The summed E-state index contributed by atoms with van der Waals surface area (Å²) in [6, 6.07) is 0. The molecule has 154 valence electrons. The second kappa shape index (κ2) is 7.41. The smallest absolute Gasteiger partial charge is 0.207 e. The molecule has 0 spiro atoms. The number of imidazole rings is 1. The molecular weight excluding hydrogens is 366 g/mol. The van der Waals surface area contributed by atoms with Crippen LogP contribution in [0.5, 0.6) is 0 Å². The van der Waals surface area contributed by atoms with E-state index in [2.05, 4.69) is 20.3 Å². The van der Waals surface area contributed by atoms with Crippen LogP contribution in [0.1, 0.15) is 32.9 Å². The molecule has 0 saturated carbocycles. The molecule has 28 heavy (non-hydrogen) atoms. The van der Waals surface area contributed by atoms with E-state index in [1.165, 1.54) is 6.33 Å². The summed E-state index contributed by atoms with van der Waals surface area (Å²) in [5, 5.41) is 13.1. The lowest BCUT2D eigenvalue weighted by molar-refractivity contribution is -0.199. The molecule has 0 radical (unpaired) electrons. The summed E-state index contributed by atoms with van der Waals surface area (Å²) in [4.78, 5) is 13.0. The maximum absolute atomic E-state index is 9.77. The average molecular weight is 393 g/mol. The largest absolute Gasteiger partial charge is 0.394 e. The average Bonchev–Trinajstić information content (AvgIpc) is 3.27. The molecule has 2 saturated heterocycles. The zero-order chi connectivity index (χ0) is 19.9. The Morgan fingerprint density at radius 3 is 2.79 bits per heavy atom. The van der Waals surface area contributed by atoms with Crippen molar-refractivity contribution in [1.29, 1.82) is 0 Å². The fourth-order valence-electron chi connectivity index (χ4n) is 3.78. The summed E-state index contributed by atoms with van der Waals surface area (Å²) in [5.74, 6) is 0.0602. The molecule has 2 aromatic rings. The fourth-order valence-corrected chi connectivity index (χ4v) is 3.78. The third-order valence-corrected chi connectivity index (χ3v) is 4.98. The van der Waals surface area contributed by atoms with Gasteiger partial charge in [-0.25, -0.2) is 15.0 Å². The third-order valence-electron chi connectivity index (χ3n) is 4.98. The van der Waals surface area contributed by atoms with Crippen molar-refractivity contribution in [2.75, 3.05) is 30.7 Å². The fraction of sp³-hybridized carbons (Fsp3) is 0.706. The number of nitrogen functional groups attached to an aromatic ring is 1. The van der Waals surface area contributed by atoms with Crippen molar-refractivity contribution in [3.05, 3.63) is 6.33 Å². The third kappa shape index (κ3) is 3.29. The van der Waals surface area contributed by atoms with E-state index >= 15 is 0 Å². The Labute approximate surface area is 162 Å². The number of unbranched alkanes of at least 4 members (excludes halogenated alkanes) is 1. The second-order valence-electron chi connectivity index (χ2n) is 7.47.